The summed E-state index contributed by atoms with van der Waals surface area (Å²) < 4.78 is 0. The topological polar surface area (TPSA) is 58.1 Å². The van der Waals surface area contributed by atoms with Crippen LogP contribution in [0, 0.1) is 0 Å². The summed E-state index contributed by atoms with van der Waals surface area (Å²) in [7, 11) is 0. The van der Waals surface area contributed by atoms with Crippen LogP contribution in [0.25, 0.3) is 0 Å². The van der Waals surface area contributed by atoms with Gasteiger partial charge in [0, 0.05) is 39.0 Å². The Morgan fingerprint density at radius 3 is 2.81 bits per heavy atom. The molecule has 1 heterocycles. The van der Waals surface area contributed by atoms with Gasteiger partial charge in [-0.2, -0.15) is 0 Å². The van der Waals surface area contributed by atoms with E-state index in [4.69, 9.17) is 0 Å². The normalized spacial score (nSPS) is 9.88. The average Bonchev–Trinajstić information content (AvgIpc) is 2.29. The van der Waals surface area contributed by atoms with Crippen molar-refractivity contribution >= 4 is 11.7 Å². The largest absolute Gasteiger partial charge is 0.367 e. The third-order valence-electron chi connectivity index (χ3n) is 2.19. The highest BCUT2D eigenvalue weighted by Gasteiger charge is 2.06. The van der Waals surface area contributed by atoms with Crippen LogP contribution in [-0.4, -0.2) is 40.4 Å². The molecule has 5 heteroatoms. The zero-order chi connectivity index (χ0) is 11.8. The van der Waals surface area contributed by atoms with Crippen LogP contribution >= 0.6 is 0 Å². The molecule has 88 valence electrons. The number of nitrogens with zero attached hydrogens (tertiary/aromatic N) is 3. The van der Waals surface area contributed by atoms with Crippen molar-refractivity contribution in [3.63, 3.8) is 0 Å². The second-order valence-corrected chi connectivity index (χ2v) is 3.52. The lowest BCUT2D eigenvalue weighted by molar-refractivity contribution is -0.128. The van der Waals surface area contributed by atoms with Gasteiger partial charge in [0.05, 0.1) is 6.20 Å². The first-order chi connectivity index (χ1) is 7.74. The Bertz CT molecular complexity index is 315. The molecule has 0 spiro atoms. The van der Waals surface area contributed by atoms with E-state index in [0.29, 0.717) is 13.1 Å². The summed E-state index contributed by atoms with van der Waals surface area (Å²) in [6.07, 6.45) is 5.91. The SMILES string of the molecule is CCCN(CCNc1cnccn1)C(C)=O. The van der Waals surface area contributed by atoms with Gasteiger partial charge in [-0.25, -0.2) is 4.98 Å². The van der Waals surface area contributed by atoms with Crippen LogP contribution in [0.5, 0.6) is 0 Å². The van der Waals surface area contributed by atoms with E-state index in [0.717, 1.165) is 18.8 Å². The van der Waals surface area contributed by atoms with Crippen LogP contribution in [0.3, 0.4) is 0 Å². The molecule has 1 rings (SSSR count). The lowest BCUT2D eigenvalue weighted by atomic mass is 10.4. The van der Waals surface area contributed by atoms with Gasteiger partial charge in [-0.05, 0) is 6.42 Å². The maximum atomic E-state index is 11.2. The number of hydrogen-bond donors (Lipinski definition) is 1. The van der Waals surface area contributed by atoms with Gasteiger partial charge in [0.2, 0.25) is 5.91 Å². The van der Waals surface area contributed by atoms with Crippen molar-refractivity contribution in [1.29, 1.82) is 0 Å². The smallest absolute Gasteiger partial charge is 0.219 e. The number of amides is 1. The quantitative estimate of drug-likeness (QED) is 0.784. The Labute approximate surface area is 95.9 Å². The minimum absolute atomic E-state index is 0.114. The van der Waals surface area contributed by atoms with Gasteiger partial charge in [-0.15, -0.1) is 0 Å². The zero-order valence-corrected chi connectivity index (χ0v) is 9.81. The Morgan fingerprint density at radius 1 is 1.44 bits per heavy atom. The summed E-state index contributed by atoms with van der Waals surface area (Å²) in [5.41, 5.74) is 0. The molecule has 1 N–H and O–H groups in total. The van der Waals surface area contributed by atoms with Crippen molar-refractivity contribution in [1.82, 2.24) is 14.9 Å². The van der Waals surface area contributed by atoms with Crippen molar-refractivity contribution in [2.45, 2.75) is 20.3 Å². The van der Waals surface area contributed by atoms with E-state index < -0.39 is 0 Å². The predicted octanol–water partition coefficient (Wildman–Crippen LogP) is 1.15. The van der Waals surface area contributed by atoms with Crippen LogP contribution in [0.1, 0.15) is 20.3 Å². The average molecular weight is 222 g/mol. The molecule has 0 atom stereocenters. The minimum atomic E-state index is 0.114. The van der Waals surface area contributed by atoms with Gasteiger partial charge in [0.15, 0.2) is 0 Å². The summed E-state index contributed by atoms with van der Waals surface area (Å²) in [4.78, 5) is 21.1. The number of rotatable bonds is 6. The zero-order valence-electron chi connectivity index (χ0n) is 9.81. The van der Waals surface area contributed by atoms with Crippen molar-refractivity contribution in [3.8, 4) is 0 Å². The van der Waals surface area contributed by atoms with E-state index in [1.54, 1.807) is 25.5 Å². The Hall–Kier alpha value is -1.65. The molecule has 1 amide bonds. The number of nitrogens with one attached hydrogen (secondary N) is 1. The molecule has 0 bridgehead atoms. The minimum Gasteiger partial charge on any atom is -0.367 e. The summed E-state index contributed by atoms with van der Waals surface area (Å²) in [5.74, 6) is 0.852. The molecular formula is C11H18N4O. The molecule has 1 aromatic heterocycles. The van der Waals surface area contributed by atoms with Gasteiger partial charge >= 0.3 is 0 Å². The summed E-state index contributed by atoms with van der Waals surface area (Å²) >= 11 is 0. The fraction of sp³-hybridized carbons (Fsp3) is 0.545. The lowest BCUT2D eigenvalue weighted by Crippen LogP contribution is -2.33. The predicted molar refractivity (Wildman–Crippen MR) is 63.1 cm³/mol. The fourth-order valence-electron chi connectivity index (χ4n) is 1.41. The molecule has 0 aliphatic carbocycles. The molecule has 0 aliphatic heterocycles. The second kappa shape index (κ2) is 6.76. The third-order valence-corrected chi connectivity index (χ3v) is 2.19. The highest BCUT2D eigenvalue weighted by Crippen LogP contribution is 1.97. The summed E-state index contributed by atoms with van der Waals surface area (Å²) in [6.45, 7) is 5.85. The van der Waals surface area contributed by atoms with Gasteiger partial charge < -0.3 is 10.2 Å². The molecule has 0 aliphatic rings. The maximum absolute atomic E-state index is 11.2. The van der Waals surface area contributed by atoms with E-state index in [1.807, 2.05) is 4.90 Å². The highest BCUT2D eigenvalue weighted by atomic mass is 16.2. The molecule has 0 radical (unpaired) electrons. The Kier molecular flexibility index (Phi) is 5.25. The first-order valence-corrected chi connectivity index (χ1v) is 5.49. The highest BCUT2D eigenvalue weighted by molar-refractivity contribution is 5.73. The maximum Gasteiger partial charge on any atom is 0.219 e. The number of carbonyl (C=O) groups excluding carboxylic acids is 1. The van der Waals surface area contributed by atoms with Crippen LogP contribution in [0.15, 0.2) is 18.6 Å². The molecular weight excluding hydrogens is 204 g/mol. The van der Waals surface area contributed by atoms with Crippen molar-refractivity contribution in [3.05, 3.63) is 18.6 Å². The van der Waals surface area contributed by atoms with Gasteiger partial charge in [-0.3, -0.25) is 9.78 Å². The van der Waals surface area contributed by atoms with Gasteiger partial charge in [0.1, 0.15) is 5.82 Å². The molecule has 1 aromatic rings. The van der Waals surface area contributed by atoms with Crippen LogP contribution in [0.4, 0.5) is 5.82 Å². The fourth-order valence-corrected chi connectivity index (χ4v) is 1.41. The van der Waals surface area contributed by atoms with E-state index in [-0.39, 0.29) is 5.91 Å². The first-order valence-electron chi connectivity index (χ1n) is 5.49. The number of hydrogen-bond acceptors (Lipinski definition) is 4. The van der Waals surface area contributed by atoms with Crippen molar-refractivity contribution in [2.24, 2.45) is 0 Å². The van der Waals surface area contributed by atoms with Crippen LogP contribution in [0.2, 0.25) is 0 Å². The third kappa shape index (κ3) is 4.25. The van der Waals surface area contributed by atoms with E-state index in [2.05, 4.69) is 22.2 Å². The summed E-state index contributed by atoms with van der Waals surface area (Å²) in [6, 6.07) is 0. The van der Waals surface area contributed by atoms with Gasteiger partial charge in [-0.1, -0.05) is 6.92 Å². The van der Waals surface area contributed by atoms with E-state index >= 15 is 0 Å². The lowest BCUT2D eigenvalue weighted by Gasteiger charge is -2.20. The first kappa shape index (κ1) is 12.4. The monoisotopic (exact) mass is 222 g/mol. The summed E-state index contributed by atoms with van der Waals surface area (Å²) in [5, 5.41) is 3.12. The number of carbonyl (C=O) groups is 1. The molecule has 0 aromatic carbocycles. The van der Waals surface area contributed by atoms with Crippen molar-refractivity contribution < 1.29 is 4.79 Å². The number of aromatic nitrogens is 2. The molecule has 0 saturated heterocycles. The van der Waals surface area contributed by atoms with E-state index in [1.165, 1.54) is 0 Å². The van der Waals surface area contributed by atoms with E-state index in [9.17, 15) is 4.79 Å². The molecule has 16 heavy (non-hydrogen) atoms. The molecule has 5 nitrogen and oxygen atoms in total. The van der Waals surface area contributed by atoms with Crippen LogP contribution in [-0.2, 0) is 4.79 Å². The molecule has 0 saturated carbocycles. The van der Waals surface area contributed by atoms with Crippen LogP contribution < -0.4 is 5.32 Å². The second-order valence-electron chi connectivity index (χ2n) is 3.52. The molecule has 0 unspecified atom stereocenters. The Balaban J connectivity index is 2.31. The standard InChI is InChI=1S/C11H18N4O/c1-3-7-15(10(2)16)8-6-14-11-9-12-4-5-13-11/h4-5,9H,3,6-8H2,1-2H3,(H,13,14). The number of anilines is 1. The molecule has 0 fully saturated rings. The van der Waals surface area contributed by atoms with Gasteiger partial charge in [0.25, 0.3) is 0 Å². The van der Waals surface area contributed by atoms with Crippen molar-refractivity contribution in [2.75, 3.05) is 25.0 Å². The Morgan fingerprint density at radius 2 is 2.25 bits per heavy atom.